The summed E-state index contributed by atoms with van der Waals surface area (Å²) in [6.45, 7) is -2.98. The maximum absolute atomic E-state index is 12.2. The Hall–Kier alpha value is -2.15. The van der Waals surface area contributed by atoms with Crippen LogP contribution in [0.2, 0.25) is 5.02 Å². The van der Waals surface area contributed by atoms with Crippen molar-refractivity contribution < 1.29 is 18.3 Å². The fourth-order valence-electron chi connectivity index (χ4n) is 1.38. The van der Waals surface area contributed by atoms with Crippen LogP contribution in [-0.4, -0.2) is 22.7 Å². The predicted octanol–water partition coefficient (Wildman–Crippen LogP) is 2.92. The number of carbonyl (C=O) groups is 1. The van der Waals surface area contributed by atoms with Gasteiger partial charge in [-0.1, -0.05) is 23.7 Å². The van der Waals surface area contributed by atoms with Gasteiger partial charge in [0.25, 0.3) is 5.91 Å². The molecule has 19 heavy (non-hydrogen) atoms. The molecule has 0 unspecified atom stereocenters. The van der Waals surface area contributed by atoms with E-state index in [-0.39, 0.29) is 22.2 Å². The van der Waals surface area contributed by atoms with Crippen LogP contribution in [0.5, 0.6) is 5.75 Å². The number of H-pyrrole nitrogens is 1. The van der Waals surface area contributed by atoms with Gasteiger partial charge in [-0.2, -0.15) is 13.9 Å². The fraction of sp³-hybridized carbons (Fsp3) is 0.0909. The van der Waals surface area contributed by atoms with Gasteiger partial charge < -0.3 is 10.1 Å². The summed E-state index contributed by atoms with van der Waals surface area (Å²) in [4.78, 5) is 11.8. The third kappa shape index (κ3) is 3.19. The Kier molecular flexibility index (Phi) is 3.96. The fourth-order valence-corrected chi connectivity index (χ4v) is 1.56. The number of halogens is 3. The third-order valence-corrected chi connectivity index (χ3v) is 2.46. The molecule has 0 fully saturated rings. The maximum atomic E-state index is 12.2. The standard InChI is InChI=1S/C11H8ClF2N3O2/c12-6-5-15-17-9(6)10(18)16-7-3-1-2-4-8(7)19-11(13)14/h1-5,11H,(H,15,17)(H,16,18). The van der Waals surface area contributed by atoms with Crippen molar-refractivity contribution in [3.63, 3.8) is 0 Å². The van der Waals surface area contributed by atoms with E-state index < -0.39 is 12.5 Å². The summed E-state index contributed by atoms with van der Waals surface area (Å²) in [6.07, 6.45) is 1.26. The first-order valence-electron chi connectivity index (χ1n) is 5.12. The highest BCUT2D eigenvalue weighted by Crippen LogP contribution is 2.26. The lowest BCUT2D eigenvalue weighted by Crippen LogP contribution is -2.14. The second-order valence-electron chi connectivity index (χ2n) is 3.42. The van der Waals surface area contributed by atoms with Crippen molar-refractivity contribution in [1.82, 2.24) is 10.2 Å². The smallest absolute Gasteiger partial charge is 0.387 e. The highest BCUT2D eigenvalue weighted by molar-refractivity contribution is 6.34. The van der Waals surface area contributed by atoms with E-state index in [0.29, 0.717) is 0 Å². The molecule has 2 N–H and O–H groups in total. The number of aromatic amines is 1. The zero-order chi connectivity index (χ0) is 13.8. The van der Waals surface area contributed by atoms with Crippen molar-refractivity contribution in [2.24, 2.45) is 0 Å². The summed E-state index contributed by atoms with van der Waals surface area (Å²) in [6, 6.07) is 5.83. The molecule has 100 valence electrons. The molecule has 0 radical (unpaired) electrons. The number of para-hydroxylation sites is 2. The lowest BCUT2D eigenvalue weighted by atomic mass is 10.3. The van der Waals surface area contributed by atoms with Gasteiger partial charge in [0, 0.05) is 0 Å². The number of amides is 1. The number of alkyl halides is 2. The second kappa shape index (κ2) is 5.66. The van der Waals surface area contributed by atoms with E-state index in [1.54, 1.807) is 6.07 Å². The Morgan fingerprint density at radius 3 is 2.79 bits per heavy atom. The van der Waals surface area contributed by atoms with Crippen molar-refractivity contribution >= 4 is 23.2 Å². The van der Waals surface area contributed by atoms with Gasteiger partial charge in [-0.05, 0) is 12.1 Å². The Morgan fingerprint density at radius 2 is 2.16 bits per heavy atom. The first-order valence-corrected chi connectivity index (χ1v) is 5.50. The minimum atomic E-state index is -2.98. The number of hydrogen-bond donors (Lipinski definition) is 2. The molecule has 0 saturated carbocycles. The minimum Gasteiger partial charge on any atom is -0.433 e. The number of carbonyl (C=O) groups excluding carboxylic acids is 1. The highest BCUT2D eigenvalue weighted by Gasteiger charge is 2.15. The number of ether oxygens (including phenoxy) is 1. The SMILES string of the molecule is O=C(Nc1ccccc1OC(F)F)c1[nH]ncc1Cl. The average molecular weight is 288 g/mol. The molecule has 0 spiro atoms. The third-order valence-electron chi connectivity index (χ3n) is 2.17. The number of rotatable bonds is 4. The molecule has 1 aromatic heterocycles. The molecule has 5 nitrogen and oxygen atoms in total. The van der Waals surface area contributed by atoms with Crippen LogP contribution in [0.15, 0.2) is 30.5 Å². The Morgan fingerprint density at radius 1 is 1.42 bits per heavy atom. The van der Waals surface area contributed by atoms with Gasteiger partial charge in [0.2, 0.25) is 0 Å². The normalized spacial score (nSPS) is 10.5. The maximum Gasteiger partial charge on any atom is 0.387 e. The first kappa shape index (κ1) is 13.3. The zero-order valence-corrected chi connectivity index (χ0v) is 10.1. The number of aromatic nitrogens is 2. The summed E-state index contributed by atoms with van der Waals surface area (Å²) < 4.78 is 28.7. The van der Waals surface area contributed by atoms with Gasteiger partial charge in [-0.3, -0.25) is 9.89 Å². The largest absolute Gasteiger partial charge is 0.433 e. The Bertz CT molecular complexity index is 589. The van der Waals surface area contributed by atoms with Gasteiger partial charge in [0.15, 0.2) is 0 Å². The second-order valence-corrected chi connectivity index (χ2v) is 3.83. The Balaban J connectivity index is 2.19. The van der Waals surface area contributed by atoms with Gasteiger partial charge in [-0.25, -0.2) is 0 Å². The molecule has 0 saturated heterocycles. The number of nitrogens with one attached hydrogen (secondary N) is 2. The molecular weight excluding hydrogens is 280 g/mol. The van der Waals surface area contributed by atoms with Gasteiger partial charge >= 0.3 is 6.61 Å². The quantitative estimate of drug-likeness (QED) is 0.908. The van der Waals surface area contributed by atoms with Crippen LogP contribution in [-0.2, 0) is 0 Å². The highest BCUT2D eigenvalue weighted by atomic mass is 35.5. The lowest BCUT2D eigenvalue weighted by Gasteiger charge is -2.11. The zero-order valence-electron chi connectivity index (χ0n) is 9.36. The number of benzene rings is 1. The van der Waals surface area contributed by atoms with Crippen LogP contribution < -0.4 is 10.1 Å². The summed E-state index contributed by atoms with van der Waals surface area (Å²) in [5.41, 5.74) is 0.145. The first-order chi connectivity index (χ1) is 9.08. The van der Waals surface area contributed by atoms with Crippen molar-refractivity contribution in [3.05, 3.63) is 41.2 Å². The van der Waals surface area contributed by atoms with E-state index in [2.05, 4.69) is 20.3 Å². The number of nitrogens with zero attached hydrogens (tertiary/aromatic N) is 1. The van der Waals surface area contributed by atoms with E-state index in [4.69, 9.17) is 11.6 Å². The van der Waals surface area contributed by atoms with Crippen LogP contribution in [0.4, 0.5) is 14.5 Å². The predicted molar refractivity (Wildman–Crippen MR) is 64.6 cm³/mol. The molecule has 0 aliphatic heterocycles. The molecule has 2 rings (SSSR count). The molecule has 2 aromatic rings. The van der Waals surface area contributed by atoms with E-state index >= 15 is 0 Å². The number of hydrogen-bond acceptors (Lipinski definition) is 3. The monoisotopic (exact) mass is 287 g/mol. The topological polar surface area (TPSA) is 67.0 Å². The van der Waals surface area contributed by atoms with E-state index in [0.717, 1.165) is 0 Å². The van der Waals surface area contributed by atoms with Crippen LogP contribution in [0.1, 0.15) is 10.5 Å². The molecular formula is C11H8ClF2N3O2. The molecule has 0 aliphatic rings. The van der Waals surface area contributed by atoms with Crippen molar-refractivity contribution in [2.45, 2.75) is 6.61 Å². The molecule has 1 aromatic carbocycles. The number of anilines is 1. The Labute approximate surface area is 111 Å². The molecule has 0 bridgehead atoms. The van der Waals surface area contributed by atoms with Gasteiger partial charge in [-0.15, -0.1) is 0 Å². The summed E-state index contributed by atoms with van der Waals surface area (Å²) in [5.74, 6) is -0.741. The van der Waals surface area contributed by atoms with Crippen molar-refractivity contribution in [2.75, 3.05) is 5.32 Å². The van der Waals surface area contributed by atoms with E-state index in [1.165, 1.54) is 24.4 Å². The summed E-state index contributed by atoms with van der Waals surface area (Å²) in [5, 5.41) is 8.52. The molecule has 1 heterocycles. The van der Waals surface area contributed by atoms with E-state index in [9.17, 15) is 13.6 Å². The summed E-state index contributed by atoms with van der Waals surface area (Å²) in [7, 11) is 0. The summed E-state index contributed by atoms with van der Waals surface area (Å²) >= 11 is 5.72. The van der Waals surface area contributed by atoms with Crippen molar-refractivity contribution in [3.8, 4) is 5.75 Å². The van der Waals surface area contributed by atoms with Crippen LogP contribution in [0.25, 0.3) is 0 Å². The molecule has 0 atom stereocenters. The average Bonchev–Trinajstić information content (AvgIpc) is 2.77. The van der Waals surface area contributed by atoms with Crippen LogP contribution in [0.3, 0.4) is 0 Å². The van der Waals surface area contributed by atoms with Gasteiger partial charge in [0.1, 0.15) is 11.4 Å². The molecule has 0 aliphatic carbocycles. The molecule has 8 heteroatoms. The van der Waals surface area contributed by atoms with E-state index in [1.807, 2.05) is 0 Å². The van der Waals surface area contributed by atoms with Gasteiger partial charge in [0.05, 0.1) is 16.9 Å². The molecule has 1 amide bonds. The van der Waals surface area contributed by atoms with Crippen molar-refractivity contribution in [1.29, 1.82) is 0 Å². The van der Waals surface area contributed by atoms with Crippen LogP contribution in [0, 0.1) is 0 Å². The van der Waals surface area contributed by atoms with Crippen LogP contribution >= 0.6 is 11.6 Å². The lowest BCUT2D eigenvalue weighted by molar-refractivity contribution is -0.0493. The minimum absolute atomic E-state index is 0.0357.